The van der Waals surface area contributed by atoms with Crippen molar-refractivity contribution in [3.8, 4) is 5.75 Å². The van der Waals surface area contributed by atoms with Crippen molar-refractivity contribution in [3.63, 3.8) is 0 Å². The van der Waals surface area contributed by atoms with Gasteiger partial charge in [0, 0.05) is 18.3 Å². The maximum atomic E-state index is 15.3. The smallest absolute Gasteiger partial charge is 0.416 e. The number of fused-ring (bicyclic) bond motifs is 3. The Morgan fingerprint density at radius 3 is 2.24 bits per heavy atom. The lowest BCUT2D eigenvalue weighted by atomic mass is 9.75. The zero-order valence-corrected chi connectivity index (χ0v) is 21.4. The summed E-state index contributed by atoms with van der Waals surface area (Å²) in [5.41, 5.74) is -1.63. The second-order valence-electron chi connectivity index (χ2n) is 9.17. The van der Waals surface area contributed by atoms with Gasteiger partial charge in [0.05, 0.1) is 34.5 Å². The van der Waals surface area contributed by atoms with E-state index in [0.717, 1.165) is 24.3 Å². The van der Waals surface area contributed by atoms with E-state index in [0.29, 0.717) is 18.6 Å². The predicted molar refractivity (Wildman–Crippen MR) is 124 cm³/mol. The van der Waals surface area contributed by atoms with Gasteiger partial charge in [-0.05, 0) is 55.7 Å². The van der Waals surface area contributed by atoms with Crippen molar-refractivity contribution in [3.05, 3.63) is 59.2 Å². The van der Waals surface area contributed by atoms with Crippen LogP contribution < -0.4 is 4.74 Å². The summed E-state index contributed by atoms with van der Waals surface area (Å²) in [4.78, 5) is -0.513. The van der Waals surface area contributed by atoms with Gasteiger partial charge in [0.2, 0.25) is 0 Å². The van der Waals surface area contributed by atoms with E-state index in [1.807, 2.05) is 0 Å². The average molecular weight is 569 g/mol. The van der Waals surface area contributed by atoms with Crippen molar-refractivity contribution in [2.24, 2.45) is 5.92 Å². The van der Waals surface area contributed by atoms with E-state index in [1.165, 1.54) is 0 Å². The Bertz CT molecular complexity index is 1370. The fourth-order valence-corrected chi connectivity index (χ4v) is 9.01. The summed E-state index contributed by atoms with van der Waals surface area (Å²) in [7, 11) is -8.16. The molecule has 0 unspecified atom stereocenters. The zero-order chi connectivity index (χ0) is 27.2. The van der Waals surface area contributed by atoms with Crippen LogP contribution in [0.1, 0.15) is 37.3 Å². The molecule has 3 atom stereocenters. The fourth-order valence-electron chi connectivity index (χ4n) is 5.25. The number of sulfone groups is 2. The normalized spacial score (nSPS) is 24.2. The molecule has 2 aliphatic rings. The summed E-state index contributed by atoms with van der Waals surface area (Å²) in [6, 6.07) is 4.34. The number of alkyl halides is 3. The van der Waals surface area contributed by atoms with Crippen LogP contribution >= 0.6 is 0 Å². The van der Waals surface area contributed by atoms with Gasteiger partial charge >= 0.3 is 6.18 Å². The van der Waals surface area contributed by atoms with Crippen molar-refractivity contribution in [1.82, 2.24) is 0 Å². The molecule has 1 saturated heterocycles. The van der Waals surface area contributed by atoms with E-state index in [1.54, 1.807) is 6.92 Å². The third kappa shape index (κ3) is 4.85. The van der Waals surface area contributed by atoms with Crippen LogP contribution in [0.4, 0.5) is 22.0 Å². The highest BCUT2D eigenvalue weighted by atomic mass is 32.2. The number of hydrogen-bond acceptors (Lipinski definition) is 6. The highest BCUT2D eigenvalue weighted by molar-refractivity contribution is 7.92. The van der Waals surface area contributed by atoms with E-state index in [-0.39, 0.29) is 31.0 Å². The Balaban J connectivity index is 1.87. The molecule has 0 aliphatic carbocycles. The van der Waals surface area contributed by atoms with Gasteiger partial charge in [-0.25, -0.2) is 25.6 Å². The number of benzene rings is 2. The molecule has 2 aliphatic heterocycles. The quantitative estimate of drug-likeness (QED) is 0.452. The Labute approximate surface area is 211 Å². The molecule has 4 rings (SSSR count). The molecule has 0 spiro atoms. The molecule has 0 N–H and O–H groups in total. The molecule has 2 aromatic rings. The summed E-state index contributed by atoms with van der Waals surface area (Å²) in [5, 5.41) is 0. The van der Waals surface area contributed by atoms with Crippen LogP contribution in [0.25, 0.3) is 0 Å². The van der Waals surface area contributed by atoms with Gasteiger partial charge in [-0.1, -0.05) is 6.92 Å². The number of halogens is 5. The van der Waals surface area contributed by atoms with Gasteiger partial charge in [0.1, 0.15) is 20.4 Å². The summed E-state index contributed by atoms with van der Waals surface area (Å²) < 4.78 is 131. The molecule has 0 saturated carbocycles. The van der Waals surface area contributed by atoms with E-state index in [2.05, 4.69) is 0 Å². The highest BCUT2D eigenvalue weighted by Gasteiger charge is 2.61. The fraction of sp³-hybridized carbons (Fsp3) is 0.500. The van der Waals surface area contributed by atoms with Crippen LogP contribution in [0, 0.1) is 17.6 Å². The van der Waals surface area contributed by atoms with E-state index in [9.17, 15) is 34.4 Å². The van der Waals surface area contributed by atoms with Crippen LogP contribution in [0.15, 0.2) is 41.3 Å². The molecule has 204 valence electrons. The molecular weight excluding hydrogens is 543 g/mol. The first-order chi connectivity index (χ1) is 17.2. The van der Waals surface area contributed by atoms with Gasteiger partial charge < -0.3 is 9.47 Å². The molecule has 6 nitrogen and oxygen atoms in total. The number of ether oxygens (including phenoxy) is 2. The summed E-state index contributed by atoms with van der Waals surface area (Å²) in [6.45, 7) is 1.04. The van der Waals surface area contributed by atoms with E-state index >= 15 is 4.39 Å². The minimum atomic E-state index is -4.71. The van der Waals surface area contributed by atoms with Crippen molar-refractivity contribution in [1.29, 1.82) is 0 Å². The van der Waals surface area contributed by atoms with Crippen LogP contribution in [-0.4, -0.2) is 47.7 Å². The molecule has 0 radical (unpaired) electrons. The lowest BCUT2D eigenvalue weighted by molar-refractivity contribution is -0.137. The molecule has 0 bridgehead atoms. The van der Waals surface area contributed by atoms with Gasteiger partial charge in [0.15, 0.2) is 21.4 Å². The zero-order valence-electron chi connectivity index (χ0n) is 19.7. The van der Waals surface area contributed by atoms with Crippen LogP contribution in [0.2, 0.25) is 0 Å². The second kappa shape index (κ2) is 9.81. The number of hydrogen-bond donors (Lipinski definition) is 0. The Morgan fingerprint density at radius 2 is 1.62 bits per heavy atom. The second-order valence-corrected chi connectivity index (χ2v) is 13.7. The van der Waals surface area contributed by atoms with Crippen molar-refractivity contribution in [2.75, 3.05) is 24.7 Å². The molecule has 2 aromatic carbocycles. The van der Waals surface area contributed by atoms with Gasteiger partial charge in [0.25, 0.3) is 0 Å². The lowest BCUT2D eigenvalue weighted by Gasteiger charge is -2.50. The topological polar surface area (TPSA) is 86.7 Å². The summed E-state index contributed by atoms with van der Waals surface area (Å²) in [5.74, 6) is -4.21. The standard InChI is InChI=1S/C24H25F5O6S2/c1-2-12-36(30,31)13-9-20-17-14-35-22-19(26)8-7-18(25)21(22)23(17,10-11-34-20)37(32,33)16-5-3-15(4-6-16)24(27,28)29/h3-8,17,20H,2,9-14H2,1H3/t17-,20-,23-/m0/s1. The Hall–Kier alpha value is -2.25. The maximum Gasteiger partial charge on any atom is 0.416 e. The largest absolute Gasteiger partial charge is 0.490 e. The molecule has 2 heterocycles. The van der Waals surface area contributed by atoms with Gasteiger partial charge in [-0.3, -0.25) is 0 Å². The summed E-state index contributed by atoms with van der Waals surface area (Å²) >= 11 is 0. The summed E-state index contributed by atoms with van der Waals surface area (Å²) in [6.07, 6.45) is -5.80. The first-order valence-corrected chi connectivity index (χ1v) is 14.9. The van der Waals surface area contributed by atoms with Crippen molar-refractivity contribution < 1.29 is 48.3 Å². The van der Waals surface area contributed by atoms with E-state index in [4.69, 9.17) is 9.47 Å². The molecule has 1 fully saturated rings. The number of rotatable bonds is 7. The third-order valence-electron chi connectivity index (χ3n) is 6.94. The molecule has 37 heavy (non-hydrogen) atoms. The average Bonchev–Trinajstić information content (AvgIpc) is 2.83. The molecule has 0 aromatic heterocycles. The highest BCUT2D eigenvalue weighted by Crippen LogP contribution is 2.56. The first kappa shape index (κ1) is 27.8. The van der Waals surface area contributed by atoms with Crippen LogP contribution in [0.3, 0.4) is 0 Å². The van der Waals surface area contributed by atoms with Crippen LogP contribution in [0.5, 0.6) is 5.75 Å². The van der Waals surface area contributed by atoms with Crippen LogP contribution in [-0.2, 0) is 35.3 Å². The van der Waals surface area contributed by atoms with Gasteiger partial charge in [-0.2, -0.15) is 13.2 Å². The minimum Gasteiger partial charge on any atom is -0.490 e. The minimum absolute atomic E-state index is 0.0848. The van der Waals surface area contributed by atoms with Gasteiger partial charge in [-0.15, -0.1) is 0 Å². The predicted octanol–water partition coefficient (Wildman–Crippen LogP) is 4.67. The van der Waals surface area contributed by atoms with Crippen molar-refractivity contribution in [2.45, 2.75) is 48.1 Å². The molecule has 0 amide bonds. The molecular formula is C24H25F5O6S2. The SMILES string of the molecule is CCCS(=O)(=O)CC[C@@H]1OCC[C@@]2(S(=O)(=O)c3ccc(C(F)(F)F)cc3)c3c(F)ccc(F)c3OC[C@@H]12. The van der Waals surface area contributed by atoms with E-state index < -0.39 is 82.6 Å². The maximum absolute atomic E-state index is 15.3. The third-order valence-corrected chi connectivity index (χ3v) is 11.4. The Morgan fingerprint density at radius 1 is 0.973 bits per heavy atom. The molecule has 13 heteroatoms. The first-order valence-electron chi connectivity index (χ1n) is 11.6. The Kier molecular flexibility index (Phi) is 7.36. The monoisotopic (exact) mass is 568 g/mol. The lowest BCUT2D eigenvalue weighted by Crippen LogP contribution is -2.57. The van der Waals surface area contributed by atoms with Crippen molar-refractivity contribution >= 4 is 19.7 Å².